The molecule has 0 atom stereocenters. The van der Waals surface area contributed by atoms with E-state index in [9.17, 15) is 4.39 Å². The first-order chi connectivity index (χ1) is 7.16. The van der Waals surface area contributed by atoms with Crippen LogP contribution in [0, 0.1) is 5.82 Å². The number of nitrogens with zero attached hydrogens (tertiary/aromatic N) is 1. The Labute approximate surface area is 96.5 Å². The Bertz CT molecular complexity index is 500. The molecular formula is C11H6Cl2FN. The highest BCUT2D eigenvalue weighted by Crippen LogP contribution is 2.25. The molecule has 1 aromatic carbocycles. The maximum atomic E-state index is 13.2. The van der Waals surface area contributed by atoms with Gasteiger partial charge in [0.25, 0.3) is 0 Å². The first-order valence-electron chi connectivity index (χ1n) is 4.24. The molecule has 0 spiro atoms. The number of pyridine rings is 1. The van der Waals surface area contributed by atoms with E-state index in [1.807, 2.05) is 0 Å². The van der Waals surface area contributed by atoms with Crippen LogP contribution in [0.4, 0.5) is 4.39 Å². The number of aromatic nitrogens is 1. The third-order valence-electron chi connectivity index (χ3n) is 1.98. The molecule has 1 aromatic heterocycles. The first kappa shape index (κ1) is 10.4. The zero-order chi connectivity index (χ0) is 10.8. The van der Waals surface area contributed by atoms with E-state index in [0.29, 0.717) is 5.15 Å². The lowest BCUT2D eigenvalue weighted by atomic mass is 10.1. The van der Waals surface area contributed by atoms with Gasteiger partial charge in [-0.15, -0.1) is 0 Å². The quantitative estimate of drug-likeness (QED) is 0.683. The molecule has 2 aromatic rings. The van der Waals surface area contributed by atoms with Crippen molar-refractivity contribution in [3.63, 3.8) is 0 Å². The van der Waals surface area contributed by atoms with Crippen LogP contribution in [0.25, 0.3) is 11.1 Å². The van der Waals surface area contributed by atoms with Crippen molar-refractivity contribution in [1.29, 1.82) is 0 Å². The molecule has 2 rings (SSSR count). The van der Waals surface area contributed by atoms with Crippen LogP contribution in [0.1, 0.15) is 0 Å². The fourth-order valence-electron chi connectivity index (χ4n) is 1.26. The van der Waals surface area contributed by atoms with Crippen LogP contribution in [-0.4, -0.2) is 4.98 Å². The standard InChI is InChI=1S/C11H6Cl2FN/c12-9-2-1-7(5-10(9)14)8-3-4-15-11(13)6-8/h1-6H. The molecule has 15 heavy (non-hydrogen) atoms. The SMILES string of the molecule is Fc1cc(-c2ccnc(Cl)c2)ccc1Cl. The average molecular weight is 242 g/mol. The summed E-state index contributed by atoms with van der Waals surface area (Å²) in [6, 6.07) is 8.05. The number of halogens is 3. The Morgan fingerprint density at radius 1 is 1.00 bits per heavy atom. The zero-order valence-corrected chi connectivity index (χ0v) is 9.06. The van der Waals surface area contributed by atoms with E-state index in [1.54, 1.807) is 24.4 Å². The predicted molar refractivity (Wildman–Crippen MR) is 59.7 cm³/mol. The summed E-state index contributed by atoms with van der Waals surface area (Å²) in [5.41, 5.74) is 1.53. The van der Waals surface area contributed by atoms with Crippen molar-refractivity contribution < 1.29 is 4.39 Å². The van der Waals surface area contributed by atoms with Crippen LogP contribution in [0.3, 0.4) is 0 Å². The first-order valence-corrected chi connectivity index (χ1v) is 4.99. The van der Waals surface area contributed by atoms with Crippen molar-refractivity contribution in [2.45, 2.75) is 0 Å². The van der Waals surface area contributed by atoms with Gasteiger partial charge in [-0.05, 0) is 35.4 Å². The second-order valence-corrected chi connectivity index (χ2v) is 3.79. The monoisotopic (exact) mass is 241 g/mol. The molecule has 0 unspecified atom stereocenters. The largest absolute Gasteiger partial charge is 0.245 e. The summed E-state index contributed by atoms with van der Waals surface area (Å²) in [5, 5.41) is 0.488. The van der Waals surface area contributed by atoms with Gasteiger partial charge >= 0.3 is 0 Å². The fourth-order valence-corrected chi connectivity index (χ4v) is 1.55. The molecule has 4 heteroatoms. The molecule has 0 saturated carbocycles. The normalized spacial score (nSPS) is 10.3. The highest BCUT2D eigenvalue weighted by molar-refractivity contribution is 6.31. The van der Waals surface area contributed by atoms with Crippen LogP contribution >= 0.6 is 23.2 Å². The Hall–Kier alpha value is -1.12. The number of rotatable bonds is 1. The Morgan fingerprint density at radius 3 is 2.40 bits per heavy atom. The second kappa shape index (κ2) is 4.17. The van der Waals surface area contributed by atoms with E-state index in [0.717, 1.165) is 11.1 Å². The van der Waals surface area contributed by atoms with Crippen molar-refractivity contribution in [3.05, 3.63) is 52.5 Å². The molecule has 0 aliphatic rings. The maximum Gasteiger partial charge on any atom is 0.142 e. The fraction of sp³-hybridized carbons (Fsp3) is 0. The minimum atomic E-state index is -0.442. The van der Waals surface area contributed by atoms with Gasteiger partial charge in [-0.1, -0.05) is 29.3 Å². The van der Waals surface area contributed by atoms with Crippen LogP contribution < -0.4 is 0 Å². The molecule has 76 valence electrons. The topological polar surface area (TPSA) is 12.9 Å². The summed E-state index contributed by atoms with van der Waals surface area (Å²) in [5.74, 6) is -0.442. The number of hydrogen-bond acceptors (Lipinski definition) is 1. The summed E-state index contributed by atoms with van der Waals surface area (Å²) in [6.07, 6.45) is 1.57. The van der Waals surface area contributed by atoms with Gasteiger partial charge < -0.3 is 0 Å². The van der Waals surface area contributed by atoms with Crippen molar-refractivity contribution in [2.75, 3.05) is 0 Å². The van der Waals surface area contributed by atoms with Gasteiger partial charge in [-0.2, -0.15) is 0 Å². The van der Waals surface area contributed by atoms with E-state index >= 15 is 0 Å². The average Bonchev–Trinajstić information content (AvgIpc) is 2.22. The van der Waals surface area contributed by atoms with Crippen molar-refractivity contribution in [3.8, 4) is 11.1 Å². The molecule has 0 radical (unpaired) electrons. The highest BCUT2D eigenvalue weighted by atomic mass is 35.5. The van der Waals surface area contributed by atoms with Gasteiger partial charge in [-0.25, -0.2) is 9.37 Å². The molecule has 0 N–H and O–H groups in total. The third kappa shape index (κ3) is 2.28. The lowest BCUT2D eigenvalue weighted by Gasteiger charge is -2.02. The van der Waals surface area contributed by atoms with Gasteiger partial charge in [0.15, 0.2) is 0 Å². The molecular weight excluding hydrogens is 236 g/mol. The second-order valence-electron chi connectivity index (χ2n) is 3.00. The van der Waals surface area contributed by atoms with E-state index in [-0.39, 0.29) is 5.02 Å². The molecule has 0 amide bonds. The molecule has 1 heterocycles. The summed E-state index contributed by atoms with van der Waals surface area (Å²) in [4.78, 5) is 3.85. The smallest absolute Gasteiger partial charge is 0.142 e. The molecule has 1 nitrogen and oxygen atoms in total. The van der Waals surface area contributed by atoms with Gasteiger partial charge in [0.05, 0.1) is 5.02 Å². The van der Waals surface area contributed by atoms with E-state index < -0.39 is 5.82 Å². The van der Waals surface area contributed by atoms with Crippen LogP contribution in [0.15, 0.2) is 36.5 Å². The maximum absolute atomic E-state index is 13.2. The minimum Gasteiger partial charge on any atom is -0.245 e. The minimum absolute atomic E-state index is 0.110. The van der Waals surface area contributed by atoms with Crippen LogP contribution in [0.5, 0.6) is 0 Å². The molecule has 0 bridgehead atoms. The summed E-state index contributed by atoms with van der Waals surface area (Å²) < 4.78 is 13.2. The molecule has 0 fully saturated rings. The lowest BCUT2D eigenvalue weighted by molar-refractivity contribution is 0.629. The van der Waals surface area contributed by atoms with Gasteiger partial charge in [0.1, 0.15) is 11.0 Å². The van der Waals surface area contributed by atoms with Crippen LogP contribution in [-0.2, 0) is 0 Å². The van der Waals surface area contributed by atoms with Crippen LogP contribution in [0.2, 0.25) is 10.2 Å². The Kier molecular flexibility index (Phi) is 2.89. The van der Waals surface area contributed by atoms with E-state index in [2.05, 4.69) is 4.98 Å². The van der Waals surface area contributed by atoms with Crippen molar-refractivity contribution >= 4 is 23.2 Å². The summed E-state index contributed by atoms with van der Waals surface area (Å²) in [7, 11) is 0. The van der Waals surface area contributed by atoms with Crippen molar-refractivity contribution in [1.82, 2.24) is 4.98 Å². The summed E-state index contributed by atoms with van der Waals surface area (Å²) >= 11 is 11.3. The molecule has 0 aliphatic heterocycles. The zero-order valence-electron chi connectivity index (χ0n) is 7.55. The third-order valence-corrected chi connectivity index (χ3v) is 2.49. The molecule has 0 saturated heterocycles. The van der Waals surface area contributed by atoms with Gasteiger partial charge in [0.2, 0.25) is 0 Å². The predicted octanol–water partition coefficient (Wildman–Crippen LogP) is 4.19. The molecule has 0 aliphatic carbocycles. The van der Waals surface area contributed by atoms with E-state index in [1.165, 1.54) is 12.1 Å². The lowest BCUT2D eigenvalue weighted by Crippen LogP contribution is -1.83. The van der Waals surface area contributed by atoms with Crippen molar-refractivity contribution in [2.24, 2.45) is 0 Å². The Morgan fingerprint density at radius 2 is 1.73 bits per heavy atom. The van der Waals surface area contributed by atoms with Gasteiger partial charge in [-0.3, -0.25) is 0 Å². The highest BCUT2D eigenvalue weighted by Gasteiger charge is 2.03. The summed E-state index contributed by atoms with van der Waals surface area (Å²) in [6.45, 7) is 0. The van der Waals surface area contributed by atoms with E-state index in [4.69, 9.17) is 23.2 Å². The number of benzene rings is 1. The number of hydrogen-bond donors (Lipinski definition) is 0. The van der Waals surface area contributed by atoms with Gasteiger partial charge in [0, 0.05) is 6.20 Å². The Balaban J connectivity index is 2.50.